The average molecular weight is 920 g/mol. The maximum atomic E-state index is 7.31. The lowest BCUT2D eigenvalue weighted by molar-refractivity contribution is 0.669. The van der Waals surface area contributed by atoms with Crippen molar-refractivity contribution in [3.63, 3.8) is 0 Å². The highest BCUT2D eigenvalue weighted by molar-refractivity contribution is 6.22. The quantitative estimate of drug-likeness (QED) is 0.172. The van der Waals surface area contributed by atoms with E-state index in [0.717, 1.165) is 110 Å². The molecule has 7 heteroatoms. The summed E-state index contributed by atoms with van der Waals surface area (Å²) < 4.78 is 18.3. The topological polar surface area (TPSA) is 74.8 Å². The third kappa shape index (κ3) is 5.64. The highest BCUT2D eigenvalue weighted by Crippen LogP contribution is 2.45. The molecule has 5 heterocycles. The van der Waals surface area contributed by atoms with Crippen LogP contribution in [0.1, 0.15) is 0 Å². The molecule has 0 amide bonds. The minimum Gasteiger partial charge on any atom is -0.456 e. The van der Waals surface area contributed by atoms with Crippen LogP contribution < -0.4 is 0 Å². The van der Waals surface area contributed by atoms with Crippen molar-refractivity contribution in [2.24, 2.45) is 0 Å². The second-order valence-corrected chi connectivity index (χ2v) is 18.7. The van der Waals surface area contributed by atoms with E-state index >= 15 is 0 Å². The highest BCUT2D eigenvalue weighted by Gasteiger charge is 2.25. The molecule has 0 spiro atoms. The first-order valence-corrected chi connectivity index (χ1v) is 24.2. The maximum Gasteiger partial charge on any atom is 0.164 e. The van der Waals surface area contributed by atoms with Crippen LogP contribution in [0, 0.1) is 0 Å². The number of nitrogens with zero attached hydrogens (tertiary/aromatic N) is 5. The van der Waals surface area contributed by atoms with Crippen molar-refractivity contribution in [2.75, 3.05) is 0 Å². The molecular weight excluding hydrogens is 883 g/mol. The number of hydrogen-bond acceptors (Lipinski definition) is 5. The van der Waals surface area contributed by atoms with Crippen LogP contribution in [0.5, 0.6) is 0 Å². The summed E-state index contributed by atoms with van der Waals surface area (Å²) in [6, 6.07) is 79.1. The third-order valence-electron chi connectivity index (χ3n) is 14.7. The van der Waals surface area contributed by atoms with Gasteiger partial charge in [0.15, 0.2) is 23.1 Å². The van der Waals surface area contributed by atoms with E-state index in [9.17, 15) is 0 Å². The summed E-state index contributed by atoms with van der Waals surface area (Å²) in [5.74, 6) is 1.65. The first-order chi connectivity index (χ1) is 35.7. The van der Waals surface area contributed by atoms with Gasteiger partial charge in [0.1, 0.15) is 16.7 Å². The van der Waals surface area contributed by atoms with Crippen LogP contribution in [-0.4, -0.2) is 24.1 Å². The van der Waals surface area contributed by atoms with Crippen molar-refractivity contribution in [1.29, 1.82) is 0 Å². The SMILES string of the molecule is c1ccc(-n2c3ccccc3c3ccc(-c4nc(-c5ccc6oc7ccccc7c6c5)nc(-c5ccc(-n6c7ccccc7c7cc8ccccc8cc76)c6oc7c8ccccc8ccc7c56)n4)cc32)cc1. The molecule has 0 aliphatic carbocycles. The van der Waals surface area contributed by atoms with Crippen LogP contribution in [0.2, 0.25) is 0 Å². The first kappa shape index (κ1) is 39.0. The van der Waals surface area contributed by atoms with Crippen molar-refractivity contribution in [3.05, 3.63) is 224 Å². The summed E-state index contributed by atoms with van der Waals surface area (Å²) in [7, 11) is 0. The van der Waals surface area contributed by atoms with E-state index in [1.165, 1.54) is 26.9 Å². The Labute approximate surface area is 410 Å². The van der Waals surface area contributed by atoms with Gasteiger partial charge in [-0.1, -0.05) is 140 Å². The van der Waals surface area contributed by atoms with Gasteiger partial charge in [0, 0.05) is 70.9 Å². The average Bonchev–Trinajstić information content (AvgIpc) is 4.20. The van der Waals surface area contributed by atoms with E-state index in [-0.39, 0.29) is 0 Å². The Hall–Kier alpha value is -9.85. The zero-order chi connectivity index (χ0) is 47.0. The van der Waals surface area contributed by atoms with Gasteiger partial charge in [0.25, 0.3) is 0 Å². The van der Waals surface area contributed by atoms with Gasteiger partial charge in [0.2, 0.25) is 0 Å². The predicted molar refractivity (Wildman–Crippen MR) is 294 cm³/mol. The summed E-state index contributed by atoms with van der Waals surface area (Å²) in [5.41, 5.74) is 12.2. The third-order valence-corrected chi connectivity index (χ3v) is 14.7. The van der Waals surface area contributed by atoms with E-state index < -0.39 is 0 Å². The fraction of sp³-hybridized carbons (Fsp3) is 0. The lowest BCUT2D eigenvalue weighted by atomic mass is 10.0. The molecule has 5 aromatic heterocycles. The predicted octanol–water partition coefficient (Wildman–Crippen LogP) is 17.2. The molecule has 334 valence electrons. The van der Waals surface area contributed by atoms with Crippen molar-refractivity contribution in [2.45, 2.75) is 0 Å². The molecule has 0 N–H and O–H groups in total. The Kier molecular flexibility index (Phi) is 8.04. The van der Waals surface area contributed by atoms with Crippen LogP contribution in [-0.2, 0) is 0 Å². The summed E-state index contributed by atoms with van der Waals surface area (Å²) >= 11 is 0. The maximum absolute atomic E-state index is 7.31. The van der Waals surface area contributed by atoms with Gasteiger partial charge in [0.05, 0.1) is 27.8 Å². The van der Waals surface area contributed by atoms with Crippen LogP contribution in [0.3, 0.4) is 0 Å². The smallest absolute Gasteiger partial charge is 0.164 e. The summed E-state index contributed by atoms with van der Waals surface area (Å²) in [4.78, 5) is 16.3. The standard InChI is InChI=1S/C65H37N5O2/c1-2-17-43(18-3-1)69-53-23-11-8-20-45(53)47-29-27-42(37-56(47)69)64-66-63(41-28-33-59-52(35-41)48-22-10-13-25-58(48)71-59)67-65(68-64)50-31-32-55(62-60(50)49-30-26-38-14-6-7-19-44(38)61(49)72-62)70-54-24-12-9-21-46(54)51-34-39-15-4-5-16-40(39)36-57(51)70/h1-37H. The summed E-state index contributed by atoms with van der Waals surface area (Å²) in [5, 5.41) is 13.1. The fourth-order valence-corrected chi connectivity index (χ4v) is 11.5. The fourth-order valence-electron chi connectivity index (χ4n) is 11.5. The van der Waals surface area contributed by atoms with Gasteiger partial charge >= 0.3 is 0 Å². The molecule has 0 fully saturated rings. The van der Waals surface area contributed by atoms with Crippen molar-refractivity contribution in [1.82, 2.24) is 24.1 Å². The largest absolute Gasteiger partial charge is 0.456 e. The number of para-hydroxylation sites is 4. The lowest BCUT2D eigenvalue weighted by Crippen LogP contribution is -2.02. The number of rotatable bonds is 5. The van der Waals surface area contributed by atoms with Crippen molar-refractivity contribution in [3.8, 4) is 45.5 Å². The minimum absolute atomic E-state index is 0.538. The lowest BCUT2D eigenvalue weighted by Gasteiger charge is -2.13. The Morgan fingerprint density at radius 3 is 1.71 bits per heavy atom. The Morgan fingerprint density at radius 1 is 0.306 bits per heavy atom. The van der Waals surface area contributed by atoms with Crippen LogP contribution in [0.15, 0.2) is 233 Å². The van der Waals surface area contributed by atoms with Gasteiger partial charge in [-0.15, -0.1) is 0 Å². The molecule has 0 radical (unpaired) electrons. The molecule has 16 rings (SSSR count). The Morgan fingerprint density at radius 2 is 0.889 bits per heavy atom. The van der Waals surface area contributed by atoms with Crippen LogP contribution in [0.4, 0.5) is 0 Å². The molecule has 72 heavy (non-hydrogen) atoms. The van der Waals surface area contributed by atoms with Crippen molar-refractivity contribution < 1.29 is 8.83 Å². The minimum atomic E-state index is 0.538. The van der Waals surface area contributed by atoms with E-state index in [0.29, 0.717) is 17.5 Å². The van der Waals surface area contributed by atoms with Crippen LogP contribution >= 0.6 is 0 Å². The molecule has 11 aromatic carbocycles. The molecule has 0 atom stereocenters. The van der Waals surface area contributed by atoms with Crippen molar-refractivity contribution >= 4 is 109 Å². The first-order valence-electron chi connectivity index (χ1n) is 24.2. The van der Waals surface area contributed by atoms with Gasteiger partial charge in [-0.25, -0.2) is 15.0 Å². The van der Waals surface area contributed by atoms with E-state index in [2.05, 4.69) is 203 Å². The molecule has 0 aliphatic rings. The molecule has 7 nitrogen and oxygen atoms in total. The highest BCUT2D eigenvalue weighted by atomic mass is 16.3. The van der Waals surface area contributed by atoms with E-state index in [4.69, 9.17) is 23.8 Å². The molecule has 0 saturated carbocycles. The molecule has 0 aliphatic heterocycles. The van der Waals surface area contributed by atoms with Gasteiger partial charge in [-0.3, -0.25) is 0 Å². The van der Waals surface area contributed by atoms with E-state index in [1.807, 2.05) is 30.3 Å². The molecular formula is C65H37N5O2. The van der Waals surface area contributed by atoms with E-state index in [1.54, 1.807) is 0 Å². The number of aromatic nitrogens is 5. The Balaban J connectivity index is 0.995. The summed E-state index contributed by atoms with van der Waals surface area (Å²) in [6.45, 7) is 0. The normalized spacial score (nSPS) is 12.2. The molecule has 0 bridgehead atoms. The second kappa shape index (κ2) is 14.8. The number of hydrogen-bond donors (Lipinski definition) is 0. The van der Waals surface area contributed by atoms with Crippen LogP contribution in [0.25, 0.3) is 155 Å². The van der Waals surface area contributed by atoms with Gasteiger partial charge in [-0.2, -0.15) is 0 Å². The second-order valence-electron chi connectivity index (χ2n) is 18.7. The zero-order valence-electron chi connectivity index (χ0n) is 38.4. The monoisotopic (exact) mass is 919 g/mol. The Bertz CT molecular complexity index is 4940. The molecule has 0 unspecified atom stereocenters. The number of furan rings is 2. The summed E-state index contributed by atoms with van der Waals surface area (Å²) in [6.07, 6.45) is 0. The number of benzene rings is 11. The number of fused-ring (bicyclic) bond motifs is 15. The molecule has 16 aromatic rings. The molecule has 0 saturated heterocycles. The van der Waals surface area contributed by atoms with Gasteiger partial charge in [-0.05, 0) is 101 Å². The zero-order valence-corrected chi connectivity index (χ0v) is 38.4. The van der Waals surface area contributed by atoms with Gasteiger partial charge < -0.3 is 18.0 Å².